The summed E-state index contributed by atoms with van der Waals surface area (Å²) in [6.07, 6.45) is 0. The Kier molecular flexibility index (Phi) is 5.20. The van der Waals surface area contributed by atoms with Crippen LogP contribution in [0.15, 0.2) is 18.2 Å². The zero-order chi connectivity index (χ0) is 13.0. The molecule has 0 bridgehead atoms. The van der Waals surface area contributed by atoms with Crippen LogP contribution in [0.5, 0.6) is 0 Å². The van der Waals surface area contributed by atoms with Crippen LogP contribution in [0, 0.1) is 25.7 Å². The predicted octanol–water partition coefficient (Wildman–Crippen LogP) is 4.25. The Hall–Kier alpha value is -0.820. The Morgan fingerprint density at radius 3 is 2.18 bits per heavy atom. The fourth-order valence-corrected chi connectivity index (χ4v) is 1.75. The molecule has 1 heteroatoms. The smallest absolute Gasteiger partial charge is 0.0292 e. The van der Waals surface area contributed by atoms with E-state index in [1.54, 1.807) is 0 Å². The molecule has 2 atom stereocenters. The van der Waals surface area contributed by atoms with Gasteiger partial charge in [-0.25, -0.2) is 0 Å². The summed E-state index contributed by atoms with van der Waals surface area (Å²) < 4.78 is 0. The zero-order valence-corrected chi connectivity index (χ0v) is 12.2. The van der Waals surface area contributed by atoms with Crippen molar-refractivity contribution in [2.45, 2.75) is 47.6 Å². The number of hydrogen-bond acceptors (Lipinski definition) is 1. The monoisotopic (exact) mass is 233 g/mol. The summed E-state index contributed by atoms with van der Waals surface area (Å²) in [6, 6.07) is 7.19. The van der Waals surface area contributed by atoms with E-state index in [2.05, 4.69) is 65.1 Å². The number of rotatable bonds is 5. The van der Waals surface area contributed by atoms with Gasteiger partial charge in [-0.05, 0) is 55.8 Å². The average molecular weight is 233 g/mol. The van der Waals surface area contributed by atoms with Crippen LogP contribution in [-0.2, 0) is 0 Å². The number of hydrogen-bond donors (Lipinski definition) is 1. The van der Waals surface area contributed by atoms with Gasteiger partial charge in [-0.2, -0.15) is 0 Å². The van der Waals surface area contributed by atoms with E-state index >= 15 is 0 Å². The minimum absolute atomic E-state index is 0.440. The van der Waals surface area contributed by atoms with E-state index in [1.807, 2.05) is 0 Å². The third-order valence-corrected chi connectivity index (χ3v) is 3.92. The molecule has 2 unspecified atom stereocenters. The molecule has 0 aromatic heterocycles. The lowest BCUT2D eigenvalue weighted by molar-refractivity contribution is 0.375. The summed E-state index contributed by atoms with van der Waals surface area (Å²) >= 11 is 0. The van der Waals surface area contributed by atoms with Gasteiger partial charge < -0.3 is 5.32 Å². The normalized spacial score (nSPS) is 15.0. The van der Waals surface area contributed by atoms with Crippen molar-refractivity contribution in [2.75, 3.05) is 6.54 Å². The molecule has 1 aromatic carbocycles. The topological polar surface area (TPSA) is 12.0 Å². The van der Waals surface area contributed by atoms with E-state index in [9.17, 15) is 0 Å². The summed E-state index contributed by atoms with van der Waals surface area (Å²) in [4.78, 5) is 0. The van der Waals surface area contributed by atoms with E-state index in [0.717, 1.165) is 18.4 Å². The third kappa shape index (κ3) is 4.16. The maximum Gasteiger partial charge on any atom is 0.0292 e. The van der Waals surface area contributed by atoms with Crippen LogP contribution in [0.25, 0.3) is 0 Å². The third-order valence-electron chi connectivity index (χ3n) is 3.92. The maximum absolute atomic E-state index is 3.63. The highest BCUT2D eigenvalue weighted by Gasteiger charge is 2.10. The first-order valence-corrected chi connectivity index (χ1v) is 6.72. The summed E-state index contributed by atoms with van der Waals surface area (Å²) in [7, 11) is 0. The molecule has 0 radical (unpaired) electrons. The van der Waals surface area contributed by atoms with Crippen molar-refractivity contribution in [3.63, 3.8) is 0 Å². The second kappa shape index (κ2) is 6.20. The first kappa shape index (κ1) is 14.2. The highest BCUT2D eigenvalue weighted by atomic mass is 14.9. The largest absolute Gasteiger partial charge is 0.310 e. The van der Waals surface area contributed by atoms with Gasteiger partial charge in [0.15, 0.2) is 0 Å². The molecular weight excluding hydrogens is 206 g/mol. The molecule has 0 aliphatic heterocycles. The molecule has 0 saturated carbocycles. The van der Waals surface area contributed by atoms with Crippen molar-refractivity contribution in [3.8, 4) is 0 Å². The van der Waals surface area contributed by atoms with Crippen LogP contribution in [0.2, 0.25) is 0 Å². The highest BCUT2D eigenvalue weighted by molar-refractivity contribution is 5.31. The fourth-order valence-electron chi connectivity index (χ4n) is 1.75. The Morgan fingerprint density at radius 1 is 1.00 bits per heavy atom. The summed E-state index contributed by atoms with van der Waals surface area (Å²) in [5.41, 5.74) is 4.15. The lowest BCUT2D eigenvalue weighted by Gasteiger charge is -2.21. The molecule has 1 nitrogen and oxygen atoms in total. The molecule has 1 N–H and O–H groups in total. The van der Waals surface area contributed by atoms with Gasteiger partial charge in [0.25, 0.3) is 0 Å². The molecule has 1 rings (SSSR count). The standard InChI is InChI=1S/C16H27N/c1-11(2)14(5)10-17-15(6)16-8-7-12(3)13(4)9-16/h7-9,11,14-15,17H,10H2,1-6H3. The molecule has 1 aromatic rings. The predicted molar refractivity (Wildman–Crippen MR) is 76.3 cm³/mol. The van der Waals surface area contributed by atoms with Crippen LogP contribution < -0.4 is 5.32 Å². The van der Waals surface area contributed by atoms with Gasteiger partial charge in [-0.1, -0.05) is 39.0 Å². The van der Waals surface area contributed by atoms with E-state index in [4.69, 9.17) is 0 Å². The van der Waals surface area contributed by atoms with Gasteiger partial charge in [-0.15, -0.1) is 0 Å². The molecule has 0 aliphatic carbocycles. The van der Waals surface area contributed by atoms with Crippen molar-refractivity contribution < 1.29 is 0 Å². The molecule has 0 saturated heterocycles. The fraction of sp³-hybridized carbons (Fsp3) is 0.625. The van der Waals surface area contributed by atoms with Gasteiger partial charge in [0.2, 0.25) is 0 Å². The maximum atomic E-state index is 3.63. The first-order chi connectivity index (χ1) is 7.91. The van der Waals surface area contributed by atoms with E-state index in [-0.39, 0.29) is 0 Å². The second-order valence-electron chi connectivity index (χ2n) is 5.69. The average Bonchev–Trinajstić information content (AvgIpc) is 2.28. The Labute approximate surface area is 107 Å². The van der Waals surface area contributed by atoms with Crippen LogP contribution in [0.3, 0.4) is 0 Å². The van der Waals surface area contributed by atoms with Gasteiger partial charge >= 0.3 is 0 Å². The van der Waals surface area contributed by atoms with Crippen LogP contribution in [0.4, 0.5) is 0 Å². The number of nitrogens with one attached hydrogen (secondary N) is 1. The lowest BCUT2D eigenvalue weighted by Crippen LogP contribution is -2.26. The van der Waals surface area contributed by atoms with Crippen LogP contribution in [0.1, 0.15) is 50.4 Å². The van der Waals surface area contributed by atoms with Gasteiger partial charge in [-0.3, -0.25) is 0 Å². The Balaban J connectivity index is 2.58. The SMILES string of the molecule is Cc1ccc(C(C)NCC(C)C(C)C)cc1C. The minimum Gasteiger partial charge on any atom is -0.310 e. The minimum atomic E-state index is 0.440. The van der Waals surface area contributed by atoms with Gasteiger partial charge in [0.05, 0.1) is 0 Å². The van der Waals surface area contributed by atoms with Crippen molar-refractivity contribution in [2.24, 2.45) is 11.8 Å². The lowest BCUT2D eigenvalue weighted by atomic mass is 9.97. The van der Waals surface area contributed by atoms with E-state index in [1.165, 1.54) is 16.7 Å². The number of aryl methyl sites for hydroxylation is 2. The van der Waals surface area contributed by atoms with Crippen LogP contribution >= 0.6 is 0 Å². The number of benzene rings is 1. The molecule has 0 amide bonds. The molecule has 17 heavy (non-hydrogen) atoms. The van der Waals surface area contributed by atoms with Gasteiger partial charge in [0.1, 0.15) is 0 Å². The van der Waals surface area contributed by atoms with Crippen LogP contribution in [-0.4, -0.2) is 6.54 Å². The van der Waals surface area contributed by atoms with Crippen molar-refractivity contribution in [3.05, 3.63) is 34.9 Å². The molecule has 0 heterocycles. The first-order valence-electron chi connectivity index (χ1n) is 6.72. The molecular formula is C16H27N. The highest BCUT2D eigenvalue weighted by Crippen LogP contribution is 2.17. The van der Waals surface area contributed by atoms with E-state index in [0.29, 0.717) is 6.04 Å². The molecule has 0 fully saturated rings. The molecule has 96 valence electrons. The molecule has 0 spiro atoms. The van der Waals surface area contributed by atoms with E-state index < -0.39 is 0 Å². The van der Waals surface area contributed by atoms with Gasteiger partial charge in [0, 0.05) is 6.04 Å². The second-order valence-corrected chi connectivity index (χ2v) is 5.69. The van der Waals surface area contributed by atoms with Crippen molar-refractivity contribution in [1.82, 2.24) is 5.32 Å². The summed E-state index contributed by atoms with van der Waals surface area (Å²) in [5.74, 6) is 1.47. The molecule has 0 aliphatic rings. The summed E-state index contributed by atoms with van der Waals surface area (Å²) in [5, 5.41) is 3.63. The zero-order valence-electron chi connectivity index (χ0n) is 12.2. The quantitative estimate of drug-likeness (QED) is 0.802. The Bertz CT molecular complexity index is 355. The van der Waals surface area contributed by atoms with Crippen molar-refractivity contribution >= 4 is 0 Å². The Morgan fingerprint density at radius 2 is 1.65 bits per heavy atom. The van der Waals surface area contributed by atoms with Crippen molar-refractivity contribution in [1.29, 1.82) is 0 Å². The summed E-state index contributed by atoms with van der Waals surface area (Å²) in [6.45, 7) is 14.6.